The zero-order valence-electron chi connectivity index (χ0n) is 9.97. The van der Waals surface area contributed by atoms with E-state index in [1.54, 1.807) is 24.3 Å². The first kappa shape index (κ1) is 13.3. The summed E-state index contributed by atoms with van der Waals surface area (Å²) in [5, 5.41) is 8.68. The van der Waals surface area contributed by atoms with Crippen LogP contribution < -0.4 is 0 Å². The summed E-state index contributed by atoms with van der Waals surface area (Å²) >= 11 is 3.39. The summed E-state index contributed by atoms with van der Waals surface area (Å²) in [4.78, 5) is 11.8. The van der Waals surface area contributed by atoms with Crippen LogP contribution in [0.4, 0.5) is 0 Å². The van der Waals surface area contributed by atoms with E-state index in [4.69, 9.17) is 10.00 Å². The molecule has 2 rings (SSSR count). The van der Waals surface area contributed by atoms with E-state index < -0.39 is 5.97 Å². The van der Waals surface area contributed by atoms with E-state index in [0.29, 0.717) is 11.1 Å². The Morgan fingerprint density at radius 3 is 2.47 bits per heavy atom. The third-order valence-corrected chi connectivity index (χ3v) is 3.34. The number of benzene rings is 2. The molecule has 0 amide bonds. The van der Waals surface area contributed by atoms with Crippen LogP contribution in [0.1, 0.15) is 21.5 Å². The second-order valence-corrected chi connectivity index (χ2v) is 4.71. The number of rotatable bonds is 3. The first-order valence-corrected chi connectivity index (χ1v) is 6.40. The monoisotopic (exact) mass is 315 g/mol. The van der Waals surface area contributed by atoms with Gasteiger partial charge in [-0.2, -0.15) is 5.26 Å². The molecule has 0 spiro atoms. The number of esters is 1. The summed E-state index contributed by atoms with van der Waals surface area (Å²) in [6.45, 7) is 0.209. The molecule has 0 N–H and O–H groups in total. The van der Waals surface area contributed by atoms with Gasteiger partial charge in [0.2, 0.25) is 0 Å². The minimum atomic E-state index is -0.403. The molecule has 0 radical (unpaired) electrons. The van der Waals surface area contributed by atoms with E-state index in [1.807, 2.05) is 30.3 Å². The van der Waals surface area contributed by atoms with Crippen LogP contribution in [0.3, 0.4) is 0 Å². The van der Waals surface area contributed by atoms with Crippen LogP contribution in [0.15, 0.2) is 53.0 Å². The van der Waals surface area contributed by atoms with E-state index >= 15 is 0 Å². The Hall–Kier alpha value is -2.12. The van der Waals surface area contributed by atoms with Gasteiger partial charge in [0.25, 0.3) is 0 Å². The molecular formula is C15H10BrNO2. The van der Waals surface area contributed by atoms with Gasteiger partial charge in [0.15, 0.2) is 0 Å². The summed E-state index contributed by atoms with van der Waals surface area (Å²) < 4.78 is 6.12. The van der Waals surface area contributed by atoms with Crippen molar-refractivity contribution >= 4 is 21.9 Å². The number of ether oxygens (including phenoxy) is 1. The lowest BCUT2D eigenvalue weighted by Crippen LogP contribution is -2.05. The van der Waals surface area contributed by atoms with E-state index in [0.717, 1.165) is 10.0 Å². The standard InChI is InChI=1S/C15H10BrNO2/c16-14-4-2-1-3-13(14)10-19-15(18)12-7-5-11(9-17)6-8-12/h1-8H,10H2. The highest BCUT2D eigenvalue weighted by molar-refractivity contribution is 9.10. The third kappa shape index (κ3) is 3.43. The zero-order chi connectivity index (χ0) is 13.7. The molecule has 0 saturated carbocycles. The molecule has 0 aliphatic carbocycles. The fourth-order valence-corrected chi connectivity index (χ4v) is 1.92. The van der Waals surface area contributed by atoms with Crippen LogP contribution in [0.2, 0.25) is 0 Å². The molecule has 0 aromatic heterocycles. The largest absolute Gasteiger partial charge is 0.457 e. The van der Waals surface area contributed by atoms with Crippen molar-refractivity contribution in [3.05, 3.63) is 69.7 Å². The van der Waals surface area contributed by atoms with E-state index in [-0.39, 0.29) is 6.61 Å². The van der Waals surface area contributed by atoms with Crippen LogP contribution in [-0.4, -0.2) is 5.97 Å². The number of nitrogens with zero attached hydrogens (tertiary/aromatic N) is 1. The van der Waals surface area contributed by atoms with Crippen LogP contribution in [0.5, 0.6) is 0 Å². The van der Waals surface area contributed by atoms with Gasteiger partial charge in [-0.05, 0) is 30.3 Å². The average molecular weight is 316 g/mol. The van der Waals surface area contributed by atoms with Crippen molar-refractivity contribution < 1.29 is 9.53 Å². The van der Waals surface area contributed by atoms with Gasteiger partial charge in [-0.1, -0.05) is 34.1 Å². The van der Waals surface area contributed by atoms with Gasteiger partial charge < -0.3 is 4.74 Å². The number of hydrogen-bond donors (Lipinski definition) is 0. The highest BCUT2D eigenvalue weighted by Gasteiger charge is 2.08. The van der Waals surface area contributed by atoms with Crippen molar-refractivity contribution in [3.8, 4) is 6.07 Å². The maximum atomic E-state index is 11.8. The molecule has 0 heterocycles. The molecular weight excluding hydrogens is 306 g/mol. The minimum Gasteiger partial charge on any atom is -0.457 e. The minimum absolute atomic E-state index is 0.209. The number of hydrogen-bond acceptors (Lipinski definition) is 3. The van der Waals surface area contributed by atoms with Crippen molar-refractivity contribution in [2.24, 2.45) is 0 Å². The Morgan fingerprint density at radius 1 is 1.16 bits per heavy atom. The van der Waals surface area contributed by atoms with Gasteiger partial charge in [0.05, 0.1) is 17.2 Å². The highest BCUT2D eigenvalue weighted by Crippen LogP contribution is 2.17. The van der Waals surface area contributed by atoms with Crippen molar-refractivity contribution in [3.63, 3.8) is 0 Å². The quantitative estimate of drug-likeness (QED) is 0.812. The van der Waals surface area contributed by atoms with Gasteiger partial charge in [-0.15, -0.1) is 0 Å². The second-order valence-electron chi connectivity index (χ2n) is 3.86. The van der Waals surface area contributed by atoms with E-state index in [1.165, 1.54) is 0 Å². The van der Waals surface area contributed by atoms with Gasteiger partial charge in [-0.3, -0.25) is 0 Å². The first-order chi connectivity index (χ1) is 9.20. The Bertz CT molecular complexity index is 629. The molecule has 3 nitrogen and oxygen atoms in total. The van der Waals surface area contributed by atoms with Crippen LogP contribution in [0, 0.1) is 11.3 Å². The SMILES string of the molecule is N#Cc1ccc(C(=O)OCc2ccccc2Br)cc1. The van der Waals surface area contributed by atoms with Gasteiger partial charge >= 0.3 is 5.97 Å². The van der Waals surface area contributed by atoms with Crippen molar-refractivity contribution in [2.75, 3.05) is 0 Å². The Kier molecular flexibility index (Phi) is 4.32. The molecule has 4 heteroatoms. The van der Waals surface area contributed by atoms with Crippen molar-refractivity contribution in [1.29, 1.82) is 5.26 Å². The zero-order valence-corrected chi connectivity index (χ0v) is 11.6. The topological polar surface area (TPSA) is 50.1 Å². The fourth-order valence-electron chi connectivity index (χ4n) is 1.52. The molecule has 2 aromatic rings. The molecule has 0 aliphatic rings. The van der Waals surface area contributed by atoms with Crippen molar-refractivity contribution in [1.82, 2.24) is 0 Å². The van der Waals surface area contributed by atoms with Gasteiger partial charge in [0, 0.05) is 10.0 Å². The predicted octanol–water partition coefficient (Wildman–Crippen LogP) is 3.68. The molecule has 19 heavy (non-hydrogen) atoms. The number of carbonyl (C=O) groups excluding carboxylic acids is 1. The summed E-state index contributed by atoms with van der Waals surface area (Å²) in [6.07, 6.45) is 0. The maximum Gasteiger partial charge on any atom is 0.338 e. The van der Waals surface area contributed by atoms with Crippen molar-refractivity contribution in [2.45, 2.75) is 6.61 Å². The summed E-state index contributed by atoms with van der Waals surface area (Å²) in [5.74, 6) is -0.403. The maximum absolute atomic E-state index is 11.8. The summed E-state index contributed by atoms with van der Waals surface area (Å²) in [5.41, 5.74) is 1.86. The summed E-state index contributed by atoms with van der Waals surface area (Å²) in [7, 11) is 0. The number of carbonyl (C=O) groups is 1. The van der Waals surface area contributed by atoms with Crippen LogP contribution in [0.25, 0.3) is 0 Å². The fraction of sp³-hybridized carbons (Fsp3) is 0.0667. The molecule has 94 valence electrons. The number of nitriles is 1. The average Bonchev–Trinajstić information content (AvgIpc) is 2.46. The smallest absolute Gasteiger partial charge is 0.338 e. The normalized spacial score (nSPS) is 9.68. The molecule has 2 aromatic carbocycles. The van der Waals surface area contributed by atoms with E-state index in [9.17, 15) is 4.79 Å². The number of halogens is 1. The Balaban J connectivity index is 2.02. The lowest BCUT2D eigenvalue weighted by atomic mass is 10.1. The van der Waals surface area contributed by atoms with E-state index in [2.05, 4.69) is 15.9 Å². The highest BCUT2D eigenvalue weighted by atomic mass is 79.9. The summed E-state index contributed by atoms with van der Waals surface area (Å²) in [6, 6.07) is 15.9. The van der Waals surface area contributed by atoms with Gasteiger partial charge in [-0.25, -0.2) is 4.79 Å². The molecule has 0 atom stereocenters. The van der Waals surface area contributed by atoms with Crippen LogP contribution >= 0.6 is 15.9 Å². The molecule has 0 aliphatic heterocycles. The van der Waals surface area contributed by atoms with Crippen LogP contribution in [-0.2, 0) is 11.3 Å². The first-order valence-electron chi connectivity index (χ1n) is 5.61. The Labute approximate surface area is 119 Å². The Morgan fingerprint density at radius 2 is 1.84 bits per heavy atom. The lowest BCUT2D eigenvalue weighted by Gasteiger charge is -2.06. The lowest BCUT2D eigenvalue weighted by molar-refractivity contribution is 0.0472. The predicted molar refractivity (Wildman–Crippen MR) is 74.4 cm³/mol. The van der Waals surface area contributed by atoms with Gasteiger partial charge in [0.1, 0.15) is 6.61 Å². The molecule has 0 unspecified atom stereocenters. The molecule has 0 fully saturated rings. The molecule has 0 saturated heterocycles. The second kappa shape index (κ2) is 6.17. The molecule has 0 bridgehead atoms. The third-order valence-electron chi connectivity index (χ3n) is 2.57.